The van der Waals surface area contributed by atoms with Crippen LogP contribution in [0.4, 0.5) is 5.95 Å². The predicted octanol–water partition coefficient (Wildman–Crippen LogP) is 1.60. The van der Waals surface area contributed by atoms with E-state index in [2.05, 4.69) is 28.4 Å². The molecule has 2 N–H and O–H groups in total. The van der Waals surface area contributed by atoms with E-state index < -0.39 is 0 Å². The van der Waals surface area contributed by atoms with E-state index in [1.165, 1.54) is 0 Å². The van der Waals surface area contributed by atoms with Gasteiger partial charge in [0.25, 0.3) is 0 Å². The Labute approximate surface area is 94.9 Å². The Morgan fingerprint density at radius 3 is 2.69 bits per heavy atom. The Balaban J connectivity index is 2.31. The summed E-state index contributed by atoms with van der Waals surface area (Å²) in [4.78, 5) is 8.25. The van der Waals surface area contributed by atoms with Crippen LogP contribution >= 0.6 is 0 Å². The van der Waals surface area contributed by atoms with Crippen LogP contribution in [0.1, 0.15) is 31.3 Å². The summed E-state index contributed by atoms with van der Waals surface area (Å²) in [6.45, 7) is 6.99. The van der Waals surface area contributed by atoms with Gasteiger partial charge >= 0.3 is 0 Å². The molecule has 0 radical (unpaired) electrons. The summed E-state index contributed by atoms with van der Waals surface area (Å²) < 4.78 is 4.12. The summed E-state index contributed by atoms with van der Waals surface area (Å²) in [5, 5.41) is 0. The Bertz CT molecular complexity index is 461. The number of hydrogen-bond donors (Lipinski definition) is 1. The molecule has 2 heterocycles. The van der Waals surface area contributed by atoms with Crippen molar-refractivity contribution in [1.82, 2.24) is 19.1 Å². The highest BCUT2D eigenvalue weighted by Gasteiger charge is 2.09. The molecular formula is C11H17N5. The largest absolute Gasteiger partial charge is 0.369 e. The van der Waals surface area contributed by atoms with E-state index in [-0.39, 0.29) is 0 Å². The fraction of sp³-hybridized carbons (Fsp3) is 0.455. The third-order valence-electron chi connectivity index (χ3n) is 2.71. The van der Waals surface area contributed by atoms with Gasteiger partial charge in [-0.25, -0.2) is 9.97 Å². The molecule has 0 saturated carbocycles. The van der Waals surface area contributed by atoms with E-state index in [9.17, 15) is 0 Å². The number of nitrogen functional groups attached to an aromatic ring is 1. The van der Waals surface area contributed by atoms with Crippen molar-refractivity contribution in [2.45, 2.75) is 33.4 Å². The Hall–Kier alpha value is -1.78. The molecule has 5 nitrogen and oxygen atoms in total. The van der Waals surface area contributed by atoms with Crippen LogP contribution in [0.5, 0.6) is 0 Å². The molecule has 0 spiro atoms. The molecule has 16 heavy (non-hydrogen) atoms. The highest BCUT2D eigenvalue weighted by Crippen LogP contribution is 2.13. The van der Waals surface area contributed by atoms with Crippen LogP contribution in [0.15, 0.2) is 18.7 Å². The first-order valence-corrected chi connectivity index (χ1v) is 5.38. The lowest BCUT2D eigenvalue weighted by Crippen LogP contribution is -2.11. The third-order valence-corrected chi connectivity index (χ3v) is 2.71. The van der Waals surface area contributed by atoms with Gasteiger partial charge in [-0.05, 0) is 20.8 Å². The van der Waals surface area contributed by atoms with Crippen molar-refractivity contribution in [1.29, 1.82) is 0 Å². The van der Waals surface area contributed by atoms with E-state index in [0.29, 0.717) is 12.0 Å². The molecular weight excluding hydrogens is 202 g/mol. The second-order valence-corrected chi connectivity index (χ2v) is 4.23. The average Bonchev–Trinajstić information content (AvgIpc) is 2.80. The second kappa shape index (κ2) is 4.00. The standard InChI is InChI=1S/C11H17N5/c1-8(2)16-7-13-5-10(16)6-15-9(3)4-14-11(15)12/h4-5,7-8H,6H2,1-3H3,(H2,12,14). The molecule has 0 aliphatic carbocycles. The van der Waals surface area contributed by atoms with Gasteiger partial charge in [-0.2, -0.15) is 0 Å². The maximum absolute atomic E-state index is 5.81. The van der Waals surface area contributed by atoms with Crippen LogP contribution in [0.25, 0.3) is 0 Å². The number of aryl methyl sites for hydroxylation is 1. The highest BCUT2D eigenvalue weighted by atomic mass is 15.2. The molecule has 2 rings (SSSR count). The van der Waals surface area contributed by atoms with Crippen molar-refractivity contribution in [2.24, 2.45) is 0 Å². The summed E-state index contributed by atoms with van der Waals surface area (Å²) in [5.41, 5.74) is 8.01. The monoisotopic (exact) mass is 219 g/mol. The van der Waals surface area contributed by atoms with E-state index in [0.717, 1.165) is 17.9 Å². The minimum Gasteiger partial charge on any atom is -0.369 e. The van der Waals surface area contributed by atoms with Gasteiger partial charge in [0.1, 0.15) is 0 Å². The van der Waals surface area contributed by atoms with Gasteiger partial charge in [-0.3, -0.25) is 0 Å². The van der Waals surface area contributed by atoms with Crippen LogP contribution in [-0.4, -0.2) is 19.1 Å². The van der Waals surface area contributed by atoms with Gasteiger partial charge in [0.05, 0.1) is 24.8 Å². The fourth-order valence-electron chi connectivity index (χ4n) is 1.77. The van der Waals surface area contributed by atoms with Crippen molar-refractivity contribution in [3.63, 3.8) is 0 Å². The molecule has 0 bridgehead atoms. The van der Waals surface area contributed by atoms with E-state index in [1.807, 2.05) is 24.0 Å². The Morgan fingerprint density at radius 2 is 2.12 bits per heavy atom. The first-order valence-electron chi connectivity index (χ1n) is 5.38. The number of nitrogens with two attached hydrogens (primary N) is 1. The molecule has 5 heteroatoms. The van der Waals surface area contributed by atoms with Crippen LogP contribution in [0.2, 0.25) is 0 Å². The molecule has 86 valence electrons. The van der Waals surface area contributed by atoms with E-state index in [1.54, 1.807) is 6.20 Å². The molecule has 0 amide bonds. The minimum atomic E-state index is 0.405. The number of rotatable bonds is 3. The smallest absolute Gasteiger partial charge is 0.200 e. The van der Waals surface area contributed by atoms with Crippen LogP contribution in [0.3, 0.4) is 0 Å². The maximum atomic E-state index is 5.81. The summed E-state index contributed by atoms with van der Waals surface area (Å²) in [6.07, 6.45) is 5.51. The van der Waals surface area contributed by atoms with Crippen LogP contribution < -0.4 is 5.73 Å². The number of hydrogen-bond acceptors (Lipinski definition) is 3. The maximum Gasteiger partial charge on any atom is 0.200 e. The second-order valence-electron chi connectivity index (χ2n) is 4.23. The van der Waals surface area contributed by atoms with Gasteiger partial charge in [0.15, 0.2) is 0 Å². The minimum absolute atomic E-state index is 0.405. The molecule has 2 aromatic rings. The van der Waals surface area contributed by atoms with E-state index in [4.69, 9.17) is 5.73 Å². The molecule has 0 unspecified atom stereocenters. The van der Waals surface area contributed by atoms with Gasteiger partial charge in [0, 0.05) is 17.9 Å². The van der Waals surface area contributed by atoms with Crippen molar-refractivity contribution in [3.8, 4) is 0 Å². The first-order chi connectivity index (χ1) is 7.59. The molecule has 0 atom stereocenters. The number of nitrogens with zero attached hydrogens (tertiary/aromatic N) is 4. The average molecular weight is 219 g/mol. The summed E-state index contributed by atoms with van der Waals surface area (Å²) >= 11 is 0. The van der Waals surface area contributed by atoms with Gasteiger partial charge in [0.2, 0.25) is 5.95 Å². The molecule has 0 fully saturated rings. The molecule has 0 aromatic carbocycles. The predicted molar refractivity (Wildman–Crippen MR) is 63.1 cm³/mol. The van der Waals surface area contributed by atoms with Crippen molar-refractivity contribution in [2.75, 3.05) is 5.73 Å². The summed E-state index contributed by atoms with van der Waals surface area (Å²) in [6, 6.07) is 0.405. The lowest BCUT2D eigenvalue weighted by atomic mass is 10.3. The van der Waals surface area contributed by atoms with Gasteiger partial charge < -0.3 is 14.9 Å². The lowest BCUT2D eigenvalue weighted by Gasteiger charge is -2.13. The Kier molecular flexibility index (Phi) is 2.68. The zero-order valence-corrected chi connectivity index (χ0v) is 9.88. The fourth-order valence-corrected chi connectivity index (χ4v) is 1.77. The number of anilines is 1. The first kappa shape index (κ1) is 10.7. The van der Waals surface area contributed by atoms with Gasteiger partial charge in [-0.15, -0.1) is 0 Å². The topological polar surface area (TPSA) is 61.7 Å². The summed E-state index contributed by atoms with van der Waals surface area (Å²) in [5.74, 6) is 0.550. The lowest BCUT2D eigenvalue weighted by molar-refractivity contribution is 0.560. The van der Waals surface area contributed by atoms with Gasteiger partial charge in [-0.1, -0.05) is 0 Å². The number of imidazole rings is 2. The normalized spacial score (nSPS) is 11.2. The van der Waals surface area contributed by atoms with Crippen LogP contribution in [-0.2, 0) is 6.54 Å². The zero-order valence-electron chi connectivity index (χ0n) is 9.88. The molecule has 0 aliphatic rings. The molecule has 0 saturated heterocycles. The van der Waals surface area contributed by atoms with Crippen molar-refractivity contribution in [3.05, 3.63) is 30.1 Å². The van der Waals surface area contributed by atoms with Crippen molar-refractivity contribution < 1.29 is 0 Å². The zero-order chi connectivity index (χ0) is 11.7. The quantitative estimate of drug-likeness (QED) is 0.852. The molecule has 0 aliphatic heterocycles. The summed E-state index contributed by atoms with van der Waals surface area (Å²) in [7, 11) is 0. The highest BCUT2D eigenvalue weighted by molar-refractivity contribution is 5.23. The molecule has 2 aromatic heterocycles. The Morgan fingerprint density at radius 1 is 1.38 bits per heavy atom. The number of aromatic nitrogens is 4. The van der Waals surface area contributed by atoms with Crippen LogP contribution in [0, 0.1) is 6.92 Å². The third kappa shape index (κ3) is 1.80. The van der Waals surface area contributed by atoms with E-state index >= 15 is 0 Å². The SMILES string of the molecule is Cc1cnc(N)n1Cc1cncn1C(C)C. The van der Waals surface area contributed by atoms with Crippen molar-refractivity contribution >= 4 is 5.95 Å².